The average molecular weight is 385 g/mol. The van der Waals surface area contributed by atoms with E-state index in [0.717, 1.165) is 17.5 Å². The zero-order chi connectivity index (χ0) is 19.6. The molecule has 0 bridgehead atoms. The van der Waals surface area contributed by atoms with Crippen molar-refractivity contribution in [3.05, 3.63) is 53.6 Å². The first-order valence-corrected chi connectivity index (χ1v) is 9.79. The standard InChI is InChI=1S/C19H19N3O4S/c1-4-14-7-10-16-17(11-14)21-19(20-13(3)23)22-18(16)26-27(24,25)15-8-5-12(2)6-9-15/h5-11H,4H2,1-3H3,(H,20,21,22,23). The van der Waals surface area contributed by atoms with Crippen molar-refractivity contribution >= 4 is 32.9 Å². The number of carbonyl (C=O) groups is 1. The van der Waals surface area contributed by atoms with Gasteiger partial charge in [0.1, 0.15) is 4.90 Å². The van der Waals surface area contributed by atoms with Crippen LogP contribution >= 0.6 is 0 Å². The van der Waals surface area contributed by atoms with Crippen molar-refractivity contribution in [3.63, 3.8) is 0 Å². The molecule has 0 unspecified atom stereocenters. The van der Waals surface area contributed by atoms with Crippen molar-refractivity contribution in [1.29, 1.82) is 0 Å². The van der Waals surface area contributed by atoms with E-state index in [4.69, 9.17) is 4.18 Å². The van der Waals surface area contributed by atoms with Gasteiger partial charge in [-0.3, -0.25) is 10.1 Å². The highest BCUT2D eigenvalue weighted by molar-refractivity contribution is 7.87. The minimum absolute atomic E-state index is 0.0163. The van der Waals surface area contributed by atoms with Crippen LogP contribution in [0.2, 0.25) is 0 Å². The molecule has 140 valence electrons. The van der Waals surface area contributed by atoms with Gasteiger partial charge in [0, 0.05) is 6.92 Å². The predicted molar refractivity (Wildman–Crippen MR) is 102 cm³/mol. The molecule has 0 saturated carbocycles. The van der Waals surface area contributed by atoms with Crippen molar-refractivity contribution in [2.45, 2.75) is 32.1 Å². The molecule has 1 amide bonds. The number of hydrogen-bond acceptors (Lipinski definition) is 6. The number of hydrogen-bond donors (Lipinski definition) is 1. The second-order valence-electron chi connectivity index (χ2n) is 6.09. The Kier molecular flexibility index (Phi) is 5.09. The fourth-order valence-corrected chi connectivity index (χ4v) is 3.40. The molecule has 1 N–H and O–H groups in total. The second kappa shape index (κ2) is 7.32. The summed E-state index contributed by atoms with van der Waals surface area (Å²) in [5.41, 5.74) is 2.44. The molecule has 3 rings (SSSR count). The Morgan fingerprint density at radius 1 is 1.11 bits per heavy atom. The van der Waals surface area contributed by atoms with Crippen molar-refractivity contribution in [1.82, 2.24) is 9.97 Å². The molecule has 0 radical (unpaired) electrons. The number of aromatic nitrogens is 2. The molecule has 3 aromatic rings. The van der Waals surface area contributed by atoms with E-state index in [1.807, 2.05) is 26.0 Å². The third-order valence-corrected chi connectivity index (χ3v) is 5.15. The summed E-state index contributed by atoms with van der Waals surface area (Å²) in [4.78, 5) is 19.8. The lowest BCUT2D eigenvalue weighted by Gasteiger charge is -2.11. The van der Waals surface area contributed by atoms with Crippen LogP contribution < -0.4 is 9.50 Å². The summed E-state index contributed by atoms with van der Waals surface area (Å²) in [5, 5.41) is 2.91. The molecule has 0 spiro atoms. The summed E-state index contributed by atoms with van der Waals surface area (Å²) in [6, 6.07) is 11.7. The molecule has 0 atom stereocenters. The third kappa shape index (κ3) is 4.22. The molecule has 8 heteroatoms. The summed E-state index contributed by atoms with van der Waals surface area (Å²) in [6.07, 6.45) is 0.785. The fraction of sp³-hybridized carbons (Fsp3) is 0.211. The van der Waals surface area contributed by atoms with E-state index >= 15 is 0 Å². The van der Waals surface area contributed by atoms with Crippen LogP contribution in [-0.4, -0.2) is 24.3 Å². The van der Waals surface area contributed by atoms with Crippen LogP contribution in [0.15, 0.2) is 47.4 Å². The van der Waals surface area contributed by atoms with Gasteiger partial charge in [-0.25, -0.2) is 4.98 Å². The van der Waals surface area contributed by atoms with Gasteiger partial charge >= 0.3 is 10.1 Å². The lowest BCUT2D eigenvalue weighted by molar-refractivity contribution is -0.114. The fourth-order valence-electron chi connectivity index (χ4n) is 2.50. The number of amides is 1. The Labute approximate surface area is 157 Å². The molecular formula is C19H19N3O4S. The zero-order valence-corrected chi connectivity index (χ0v) is 16.0. The first kappa shape index (κ1) is 18.8. The summed E-state index contributed by atoms with van der Waals surface area (Å²) in [6.45, 7) is 5.18. The van der Waals surface area contributed by atoms with Gasteiger partial charge < -0.3 is 4.18 Å². The van der Waals surface area contributed by atoms with E-state index in [-0.39, 0.29) is 22.6 Å². The van der Waals surface area contributed by atoms with Crippen LogP contribution in [0.25, 0.3) is 10.9 Å². The lowest BCUT2D eigenvalue weighted by Crippen LogP contribution is -2.14. The van der Waals surface area contributed by atoms with Gasteiger partial charge in [-0.05, 0) is 43.2 Å². The van der Waals surface area contributed by atoms with Gasteiger partial charge in [0.25, 0.3) is 0 Å². The maximum absolute atomic E-state index is 12.6. The number of nitrogens with one attached hydrogen (secondary N) is 1. The van der Waals surface area contributed by atoms with Crippen molar-refractivity contribution in [3.8, 4) is 5.88 Å². The highest BCUT2D eigenvalue weighted by Crippen LogP contribution is 2.28. The molecular weight excluding hydrogens is 366 g/mol. The van der Waals surface area contributed by atoms with Crippen LogP contribution in [0.3, 0.4) is 0 Å². The average Bonchev–Trinajstić information content (AvgIpc) is 2.60. The van der Waals surface area contributed by atoms with Gasteiger partial charge in [-0.1, -0.05) is 30.7 Å². The topological polar surface area (TPSA) is 98.3 Å². The highest BCUT2D eigenvalue weighted by Gasteiger charge is 2.20. The van der Waals surface area contributed by atoms with Crippen LogP contribution in [0.1, 0.15) is 25.0 Å². The van der Waals surface area contributed by atoms with Gasteiger partial charge in [0.05, 0.1) is 10.9 Å². The van der Waals surface area contributed by atoms with Gasteiger partial charge in [-0.15, -0.1) is 0 Å². The predicted octanol–water partition coefficient (Wildman–Crippen LogP) is 3.23. The minimum Gasteiger partial charge on any atom is -0.357 e. The van der Waals surface area contributed by atoms with Crippen molar-refractivity contribution in [2.24, 2.45) is 0 Å². The lowest BCUT2D eigenvalue weighted by atomic mass is 10.1. The van der Waals surface area contributed by atoms with Gasteiger partial charge in [0.2, 0.25) is 17.7 Å². The van der Waals surface area contributed by atoms with E-state index < -0.39 is 10.1 Å². The third-order valence-electron chi connectivity index (χ3n) is 3.92. The van der Waals surface area contributed by atoms with Crippen LogP contribution in [0.4, 0.5) is 5.95 Å². The molecule has 7 nitrogen and oxygen atoms in total. The molecule has 0 aliphatic rings. The molecule has 1 heterocycles. The summed E-state index contributed by atoms with van der Waals surface area (Å²) >= 11 is 0. The Balaban J connectivity index is 2.11. The Morgan fingerprint density at radius 2 is 1.81 bits per heavy atom. The van der Waals surface area contributed by atoms with Crippen LogP contribution in [0, 0.1) is 6.92 Å². The number of nitrogens with zero attached hydrogens (tertiary/aromatic N) is 2. The summed E-state index contributed by atoms with van der Waals surface area (Å²) in [5.74, 6) is -0.516. The molecule has 2 aromatic carbocycles. The highest BCUT2D eigenvalue weighted by atomic mass is 32.2. The summed E-state index contributed by atoms with van der Waals surface area (Å²) < 4.78 is 30.6. The minimum atomic E-state index is -4.09. The van der Waals surface area contributed by atoms with Gasteiger partial charge in [-0.2, -0.15) is 13.4 Å². The largest absolute Gasteiger partial charge is 0.357 e. The van der Waals surface area contributed by atoms with Gasteiger partial charge in [0.15, 0.2) is 0 Å². The number of fused-ring (bicyclic) bond motifs is 1. The van der Waals surface area contributed by atoms with E-state index in [0.29, 0.717) is 10.9 Å². The quantitative estimate of drug-likeness (QED) is 0.677. The first-order valence-electron chi connectivity index (χ1n) is 8.38. The number of benzene rings is 2. The van der Waals surface area contributed by atoms with Crippen molar-refractivity contribution in [2.75, 3.05) is 5.32 Å². The second-order valence-corrected chi connectivity index (χ2v) is 7.64. The maximum atomic E-state index is 12.6. The Morgan fingerprint density at radius 3 is 2.44 bits per heavy atom. The molecule has 1 aromatic heterocycles. The summed E-state index contributed by atoms with van der Waals surface area (Å²) in [7, 11) is -4.09. The molecule has 0 saturated heterocycles. The van der Waals surface area contributed by atoms with E-state index in [1.165, 1.54) is 19.1 Å². The number of carbonyl (C=O) groups excluding carboxylic acids is 1. The monoisotopic (exact) mass is 385 g/mol. The molecule has 27 heavy (non-hydrogen) atoms. The smallest absolute Gasteiger partial charge is 0.340 e. The molecule has 0 fully saturated rings. The first-order chi connectivity index (χ1) is 12.8. The van der Waals surface area contributed by atoms with E-state index in [9.17, 15) is 13.2 Å². The molecule has 0 aliphatic heterocycles. The Hall–Kier alpha value is -3.00. The number of aryl methyl sites for hydroxylation is 2. The van der Waals surface area contributed by atoms with E-state index in [1.54, 1.807) is 18.2 Å². The van der Waals surface area contributed by atoms with Crippen LogP contribution in [0.5, 0.6) is 5.88 Å². The normalized spacial score (nSPS) is 11.4. The van der Waals surface area contributed by atoms with Crippen LogP contribution in [-0.2, 0) is 21.3 Å². The zero-order valence-electron chi connectivity index (χ0n) is 15.2. The van der Waals surface area contributed by atoms with Crippen molar-refractivity contribution < 1.29 is 17.4 Å². The van der Waals surface area contributed by atoms with E-state index in [2.05, 4.69) is 15.3 Å². The number of rotatable bonds is 5. The number of anilines is 1. The SMILES string of the molecule is CCc1ccc2c(OS(=O)(=O)c3ccc(C)cc3)nc(NC(C)=O)nc2c1. The Bertz CT molecular complexity index is 1110. The maximum Gasteiger partial charge on any atom is 0.340 e. The molecule has 0 aliphatic carbocycles.